The maximum Gasteiger partial charge on any atom is 0.235 e. The number of piperidine rings is 1. The largest absolute Gasteiger partial charge is 0.457 e. The average molecular weight is 491 g/mol. The Morgan fingerprint density at radius 3 is 2.40 bits per heavy atom. The molecule has 3 heterocycles. The number of para-hydroxylation sites is 1. The van der Waals surface area contributed by atoms with Gasteiger partial charge in [-0.1, -0.05) is 24.8 Å². The fraction of sp³-hybridized carbons (Fsp3) is 0.240. The lowest BCUT2D eigenvalue weighted by Gasteiger charge is -2.30. The molecule has 180 valence electrons. The zero-order valence-corrected chi connectivity index (χ0v) is 19.9. The van der Waals surface area contributed by atoms with Crippen molar-refractivity contribution < 1.29 is 13.2 Å². The summed E-state index contributed by atoms with van der Waals surface area (Å²) in [6, 6.07) is 17.3. The SMILES string of the molecule is C=CS(=O)(=O)N1CCC(Cn2nc(-c3ccc(Oc4ccccc4)cc3)c3c(N)ncnc32)CC1. The van der Waals surface area contributed by atoms with Crippen LogP contribution in [0.15, 0.2) is 72.9 Å². The summed E-state index contributed by atoms with van der Waals surface area (Å²) < 4.78 is 33.4. The molecule has 1 saturated heterocycles. The third-order valence-corrected chi connectivity index (χ3v) is 7.75. The monoisotopic (exact) mass is 490 g/mol. The molecular formula is C25H26N6O3S. The van der Waals surface area contributed by atoms with Gasteiger partial charge in [-0.3, -0.25) is 0 Å². The minimum atomic E-state index is -3.39. The fourth-order valence-corrected chi connectivity index (χ4v) is 5.29. The van der Waals surface area contributed by atoms with E-state index in [4.69, 9.17) is 15.6 Å². The molecular weight excluding hydrogens is 464 g/mol. The number of nitrogen functional groups attached to an aromatic ring is 1. The lowest BCUT2D eigenvalue weighted by Crippen LogP contribution is -2.38. The van der Waals surface area contributed by atoms with Crippen LogP contribution in [0.5, 0.6) is 11.5 Å². The van der Waals surface area contributed by atoms with E-state index >= 15 is 0 Å². The summed E-state index contributed by atoms with van der Waals surface area (Å²) in [7, 11) is -3.39. The molecule has 0 aliphatic carbocycles. The lowest BCUT2D eigenvalue weighted by molar-refractivity contribution is 0.251. The first-order valence-corrected chi connectivity index (χ1v) is 12.9. The van der Waals surface area contributed by atoms with Crippen LogP contribution in [0.25, 0.3) is 22.3 Å². The molecule has 0 bridgehead atoms. The average Bonchev–Trinajstić information content (AvgIpc) is 3.25. The van der Waals surface area contributed by atoms with E-state index in [1.807, 2.05) is 59.3 Å². The van der Waals surface area contributed by atoms with Crippen molar-refractivity contribution in [3.05, 3.63) is 72.9 Å². The van der Waals surface area contributed by atoms with Crippen molar-refractivity contribution in [2.45, 2.75) is 19.4 Å². The molecule has 2 aromatic heterocycles. The van der Waals surface area contributed by atoms with E-state index in [0.717, 1.165) is 29.6 Å². The number of aromatic nitrogens is 4. The molecule has 1 aliphatic heterocycles. The Kier molecular flexibility index (Phi) is 6.23. The van der Waals surface area contributed by atoms with Gasteiger partial charge in [0, 0.05) is 30.6 Å². The zero-order valence-electron chi connectivity index (χ0n) is 19.1. The predicted molar refractivity (Wildman–Crippen MR) is 135 cm³/mol. The first-order chi connectivity index (χ1) is 16.9. The highest BCUT2D eigenvalue weighted by atomic mass is 32.2. The molecule has 10 heteroatoms. The number of rotatable bonds is 7. The van der Waals surface area contributed by atoms with Gasteiger partial charge in [0.2, 0.25) is 10.0 Å². The maximum atomic E-state index is 12.1. The summed E-state index contributed by atoms with van der Waals surface area (Å²) in [6.07, 6.45) is 2.90. The van der Waals surface area contributed by atoms with Crippen LogP contribution in [0.2, 0.25) is 0 Å². The second-order valence-corrected chi connectivity index (χ2v) is 10.4. The van der Waals surface area contributed by atoms with Gasteiger partial charge in [-0.25, -0.2) is 23.1 Å². The number of anilines is 1. The van der Waals surface area contributed by atoms with Crippen LogP contribution in [-0.2, 0) is 16.6 Å². The highest BCUT2D eigenvalue weighted by Crippen LogP contribution is 2.33. The molecule has 0 unspecified atom stereocenters. The van der Waals surface area contributed by atoms with Crippen molar-refractivity contribution in [1.82, 2.24) is 24.1 Å². The molecule has 9 nitrogen and oxygen atoms in total. The number of nitrogens with zero attached hydrogens (tertiary/aromatic N) is 5. The van der Waals surface area contributed by atoms with Crippen molar-refractivity contribution in [1.29, 1.82) is 0 Å². The third kappa shape index (κ3) is 4.75. The van der Waals surface area contributed by atoms with E-state index < -0.39 is 10.0 Å². The molecule has 2 N–H and O–H groups in total. The molecule has 4 aromatic rings. The fourth-order valence-electron chi connectivity index (χ4n) is 4.36. The van der Waals surface area contributed by atoms with Gasteiger partial charge >= 0.3 is 0 Å². The van der Waals surface area contributed by atoms with Gasteiger partial charge in [-0.05, 0) is 55.2 Å². The van der Waals surface area contributed by atoms with Gasteiger partial charge in [0.25, 0.3) is 0 Å². The molecule has 1 aliphatic rings. The second kappa shape index (κ2) is 9.47. The number of ether oxygens (including phenoxy) is 1. The quantitative estimate of drug-likeness (QED) is 0.415. The minimum absolute atomic E-state index is 0.264. The third-order valence-electron chi connectivity index (χ3n) is 6.24. The van der Waals surface area contributed by atoms with E-state index in [1.54, 1.807) is 0 Å². The van der Waals surface area contributed by atoms with Crippen molar-refractivity contribution in [2.24, 2.45) is 5.92 Å². The van der Waals surface area contributed by atoms with Crippen molar-refractivity contribution in [3.8, 4) is 22.8 Å². The van der Waals surface area contributed by atoms with Gasteiger partial charge in [0.15, 0.2) is 5.65 Å². The van der Waals surface area contributed by atoms with E-state index in [1.165, 1.54) is 10.6 Å². The summed E-state index contributed by atoms with van der Waals surface area (Å²) in [4.78, 5) is 8.64. The first-order valence-electron chi connectivity index (χ1n) is 11.4. The van der Waals surface area contributed by atoms with Gasteiger partial charge < -0.3 is 10.5 Å². The van der Waals surface area contributed by atoms with Crippen molar-refractivity contribution in [3.63, 3.8) is 0 Å². The zero-order chi connectivity index (χ0) is 24.4. The van der Waals surface area contributed by atoms with Crippen molar-refractivity contribution >= 4 is 26.9 Å². The summed E-state index contributed by atoms with van der Waals surface area (Å²) in [5, 5.41) is 6.57. The lowest BCUT2D eigenvalue weighted by atomic mass is 9.98. The van der Waals surface area contributed by atoms with Gasteiger partial charge in [0.05, 0.1) is 5.39 Å². The van der Waals surface area contributed by atoms with E-state index in [0.29, 0.717) is 47.9 Å². The number of hydrogen-bond acceptors (Lipinski definition) is 7. The Balaban J connectivity index is 1.39. The summed E-state index contributed by atoms with van der Waals surface area (Å²) in [5.74, 6) is 2.11. The van der Waals surface area contributed by atoms with Gasteiger partial charge in [0.1, 0.15) is 29.3 Å². The maximum absolute atomic E-state index is 12.1. The Morgan fingerprint density at radius 1 is 1.03 bits per heavy atom. The molecule has 5 rings (SSSR count). The van der Waals surface area contributed by atoms with Crippen LogP contribution in [-0.4, -0.2) is 45.6 Å². The van der Waals surface area contributed by atoms with Crippen molar-refractivity contribution in [2.75, 3.05) is 18.8 Å². The molecule has 0 radical (unpaired) electrons. The predicted octanol–water partition coefficient (Wildman–Crippen LogP) is 4.05. The van der Waals surface area contributed by atoms with Gasteiger partial charge in [-0.15, -0.1) is 0 Å². The van der Waals surface area contributed by atoms with Crippen LogP contribution in [0, 0.1) is 5.92 Å². The normalized spacial score (nSPS) is 15.3. The topological polar surface area (TPSA) is 116 Å². The summed E-state index contributed by atoms with van der Waals surface area (Å²) in [6.45, 7) is 4.96. The summed E-state index contributed by atoms with van der Waals surface area (Å²) >= 11 is 0. The van der Waals surface area contributed by atoms with E-state index in [2.05, 4.69) is 16.5 Å². The second-order valence-electron chi connectivity index (χ2n) is 8.48. The molecule has 1 fully saturated rings. The summed E-state index contributed by atoms with van der Waals surface area (Å²) in [5.41, 5.74) is 8.49. The number of fused-ring (bicyclic) bond motifs is 1. The van der Waals surface area contributed by atoms with Crippen LogP contribution < -0.4 is 10.5 Å². The molecule has 0 spiro atoms. The van der Waals surface area contributed by atoms with E-state index in [9.17, 15) is 8.42 Å². The highest BCUT2D eigenvalue weighted by Gasteiger charge is 2.27. The highest BCUT2D eigenvalue weighted by molar-refractivity contribution is 7.92. The Bertz CT molecular complexity index is 1440. The minimum Gasteiger partial charge on any atom is -0.457 e. The molecule has 0 atom stereocenters. The molecule has 0 amide bonds. The van der Waals surface area contributed by atoms with Gasteiger partial charge in [-0.2, -0.15) is 9.40 Å². The standard InChI is InChI=1S/C25H26N6O3S/c1-2-35(32,33)30-14-12-18(13-15-30)16-31-25-22(24(26)27-17-28-25)23(29-31)19-8-10-21(11-9-19)34-20-6-4-3-5-7-20/h2-11,17-18H,1,12-16H2,(H2,26,27,28). The van der Waals surface area contributed by atoms with Crippen LogP contribution in [0.1, 0.15) is 12.8 Å². The molecule has 35 heavy (non-hydrogen) atoms. The Labute approximate surface area is 203 Å². The van der Waals surface area contributed by atoms with Crippen LogP contribution >= 0.6 is 0 Å². The number of nitrogens with two attached hydrogens (primary N) is 1. The molecule has 0 saturated carbocycles. The van der Waals surface area contributed by atoms with E-state index in [-0.39, 0.29) is 5.92 Å². The first kappa shape index (κ1) is 23.0. The Hall–Kier alpha value is -3.76. The molecule has 2 aromatic carbocycles. The Morgan fingerprint density at radius 2 is 1.71 bits per heavy atom. The van der Waals surface area contributed by atoms with Crippen LogP contribution in [0.4, 0.5) is 5.82 Å². The number of benzene rings is 2. The smallest absolute Gasteiger partial charge is 0.235 e. The number of hydrogen-bond donors (Lipinski definition) is 1. The van der Waals surface area contributed by atoms with Crippen LogP contribution in [0.3, 0.4) is 0 Å². The number of sulfonamides is 1.